The summed E-state index contributed by atoms with van der Waals surface area (Å²) in [5, 5.41) is 49.6. The van der Waals surface area contributed by atoms with E-state index in [2.05, 4.69) is 59.2 Å². The number of amides is 5. The third kappa shape index (κ3) is 19.3. The average molecular weight is 1620 g/mol. The number of aromatic nitrogens is 8. The molecule has 0 fully saturated rings. The Morgan fingerprint density at radius 2 is 0.981 bits per heavy atom. The van der Waals surface area contributed by atoms with Crippen LogP contribution >= 0.6 is 69.0 Å². The molecule has 0 saturated heterocycles. The van der Waals surface area contributed by atoms with Crippen LogP contribution < -0.4 is 33.7 Å². The Morgan fingerprint density at radius 3 is 1.44 bits per heavy atom. The first-order valence-electron chi connectivity index (χ1n) is 34.1. The summed E-state index contributed by atoms with van der Waals surface area (Å²) in [6, 6.07) is 35.0. The Bertz CT molecular complexity index is 4990. The lowest BCUT2D eigenvalue weighted by Gasteiger charge is -2.28. The number of nitrogens with two attached hydrogens (primary N) is 4. The zero-order chi connectivity index (χ0) is 77.0. The average Bonchev–Trinajstić information content (AvgIpc) is 1.69. The van der Waals surface area contributed by atoms with Gasteiger partial charge in [-0.2, -0.15) is 25.7 Å². The van der Waals surface area contributed by atoms with Gasteiger partial charge in [0.05, 0.1) is 89.3 Å². The van der Waals surface area contributed by atoms with Gasteiger partial charge in [-0.05, 0) is 196 Å². The summed E-state index contributed by atoms with van der Waals surface area (Å²) in [6.07, 6.45) is 6.42. The number of nitriles is 1. The van der Waals surface area contributed by atoms with Crippen LogP contribution in [0, 0.1) is 70.1 Å². The summed E-state index contributed by atoms with van der Waals surface area (Å²) in [6.45, 7) is 25.8. The fourth-order valence-corrected chi connectivity index (χ4v) is 14.0. The fourth-order valence-electron chi connectivity index (χ4n) is 12.4. The Kier molecular flexibility index (Phi) is 27.4. The molecule has 29 heteroatoms. The third-order valence-electron chi connectivity index (χ3n) is 18.5. The minimum Gasteiger partial charge on any atom is -0.423 e. The van der Waals surface area contributed by atoms with Crippen molar-refractivity contribution in [3.05, 3.63) is 240 Å². The smallest absolute Gasteiger partial charge is 0.423 e. The van der Waals surface area contributed by atoms with Crippen LogP contribution in [0.5, 0.6) is 0 Å². The molecule has 5 amide bonds. The lowest BCUT2D eigenvalue weighted by atomic mass is 9.80. The molecule has 23 nitrogen and oxygen atoms in total. The molecule has 0 aliphatic carbocycles. The number of benzene rings is 6. The second kappa shape index (κ2) is 36.1. The maximum atomic E-state index is 13.0. The summed E-state index contributed by atoms with van der Waals surface area (Å²) in [4.78, 5) is 65.2. The largest absolute Gasteiger partial charge is 0.488 e. The number of nitrogens with one attached hydrogen (secondary N) is 1. The summed E-state index contributed by atoms with van der Waals surface area (Å²) in [5.41, 5.74) is 41.3. The van der Waals surface area contributed by atoms with Crippen molar-refractivity contribution >= 4 is 117 Å². The molecule has 106 heavy (non-hydrogen) atoms. The highest BCUT2D eigenvalue weighted by atomic mass is 127. The molecule has 14 rings (SSSR count). The van der Waals surface area contributed by atoms with Crippen molar-refractivity contribution in [1.82, 2.24) is 49.3 Å². The highest BCUT2D eigenvalue weighted by Crippen LogP contribution is 2.35. The van der Waals surface area contributed by atoms with Crippen LogP contribution in [0.15, 0.2) is 109 Å². The Labute approximate surface area is 648 Å². The molecule has 8 heterocycles. The van der Waals surface area contributed by atoms with Gasteiger partial charge in [-0.1, -0.05) is 119 Å². The maximum absolute atomic E-state index is 13.0. The van der Waals surface area contributed by atoms with E-state index in [9.17, 15) is 24.0 Å². The molecule has 0 unspecified atom stereocenters. The van der Waals surface area contributed by atoms with E-state index in [0.717, 1.165) is 136 Å². The van der Waals surface area contributed by atoms with Crippen LogP contribution in [0.1, 0.15) is 140 Å². The lowest BCUT2D eigenvalue weighted by Crippen LogP contribution is -2.40. The minimum atomic E-state index is -1.44. The molecule has 0 saturated carbocycles. The molecule has 4 aliphatic heterocycles. The van der Waals surface area contributed by atoms with Crippen LogP contribution in [0.2, 0.25) is 20.1 Å². The van der Waals surface area contributed by atoms with E-state index in [1.807, 2.05) is 135 Å². The summed E-state index contributed by atoms with van der Waals surface area (Å²) in [5.74, 6) is -1.87. The molecular formula is C77H80BCl4IN16O7. The number of halogens is 5. The second-order valence-corrected chi connectivity index (χ2v) is 28.6. The number of rotatable bonds is 10. The van der Waals surface area contributed by atoms with Gasteiger partial charge in [-0.3, -0.25) is 42.7 Å². The number of fused-ring (bicyclic) bond motifs is 4. The van der Waals surface area contributed by atoms with Crippen molar-refractivity contribution in [2.75, 3.05) is 13.1 Å². The van der Waals surface area contributed by atoms with Gasteiger partial charge in [0.2, 0.25) is 5.91 Å². The van der Waals surface area contributed by atoms with Crippen LogP contribution in [-0.2, 0) is 63.3 Å². The topological polar surface area (TPSA) is 345 Å². The zero-order valence-corrected chi connectivity index (χ0v) is 64.8. The Hall–Kier alpha value is -9.68. The zero-order valence-electron chi connectivity index (χ0n) is 59.6. The lowest BCUT2D eigenvalue weighted by molar-refractivity contribution is -0.132. The molecule has 4 aliphatic rings. The van der Waals surface area contributed by atoms with E-state index in [0.29, 0.717) is 101 Å². The Balaban J connectivity index is 0.000000154. The predicted molar refractivity (Wildman–Crippen MR) is 422 cm³/mol. The molecule has 548 valence electrons. The SMILES string of the molecule is Cc1ccc(-c2nn3c(c2C(N)=O)CCCC3)cc1Cl.Cc1ccc(-c2nn3c(c2C(N)=O)CNCC3)cc1Cl.Cc1ccc(B(O)O)cc1Cl.Cc1ccc(C#N)cc1C.NC(=O)c1c(I)nn2c1CCCC2.[C-]#[N+]c1ccc(CC(=O)N2CCn3nc(-c4ccc(C)c(Cl)c4)c(C(N)=O)c3C2)cc1C. The first kappa shape index (κ1) is 80.4. The Morgan fingerprint density at radius 1 is 0.528 bits per heavy atom. The first-order valence-corrected chi connectivity index (χ1v) is 36.7. The molecule has 10 aromatic rings. The van der Waals surface area contributed by atoms with Crippen molar-refractivity contribution < 1.29 is 34.0 Å². The normalized spacial score (nSPS) is 13.0. The van der Waals surface area contributed by atoms with E-state index in [1.54, 1.807) is 46.0 Å². The fraction of sp³-hybridized carbons (Fsp3) is 0.286. The van der Waals surface area contributed by atoms with Crippen molar-refractivity contribution in [1.29, 1.82) is 5.26 Å². The van der Waals surface area contributed by atoms with Gasteiger partial charge in [-0.15, -0.1) is 0 Å². The molecule has 0 radical (unpaired) electrons. The van der Waals surface area contributed by atoms with Crippen molar-refractivity contribution in [3.63, 3.8) is 0 Å². The highest BCUT2D eigenvalue weighted by molar-refractivity contribution is 14.1. The van der Waals surface area contributed by atoms with Crippen LogP contribution in [-0.4, -0.2) is 104 Å². The van der Waals surface area contributed by atoms with Gasteiger partial charge in [0.15, 0.2) is 5.69 Å². The number of primary amides is 4. The minimum absolute atomic E-state index is 0.0530. The van der Waals surface area contributed by atoms with E-state index in [-0.39, 0.29) is 24.8 Å². The molecule has 0 atom stereocenters. The molecule has 6 aromatic carbocycles. The van der Waals surface area contributed by atoms with Crippen LogP contribution in [0.25, 0.3) is 38.6 Å². The van der Waals surface area contributed by atoms with E-state index in [4.69, 9.17) is 91.2 Å². The van der Waals surface area contributed by atoms with Gasteiger partial charge in [0.1, 0.15) is 20.8 Å². The molecule has 11 N–H and O–H groups in total. The van der Waals surface area contributed by atoms with Crippen LogP contribution in [0.4, 0.5) is 5.69 Å². The first-order chi connectivity index (χ1) is 50.5. The number of hydrogen-bond donors (Lipinski definition) is 7. The summed E-state index contributed by atoms with van der Waals surface area (Å²) in [7, 11) is -1.44. The molecular weight excluding hydrogens is 1540 g/mol. The second-order valence-electron chi connectivity index (χ2n) is 26.0. The molecule has 0 spiro atoms. The summed E-state index contributed by atoms with van der Waals surface area (Å²) >= 11 is 26.4. The van der Waals surface area contributed by atoms with E-state index < -0.39 is 24.8 Å². The number of carbonyl (C=O) groups is 5. The van der Waals surface area contributed by atoms with E-state index >= 15 is 0 Å². The maximum Gasteiger partial charge on any atom is 0.488 e. The van der Waals surface area contributed by atoms with Gasteiger partial charge in [0, 0.05) is 69.5 Å². The van der Waals surface area contributed by atoms with Crippen molar-refractivity contribution in [2.24, 2.45) is 22.9 Å². The standard InChI is InChI=1S/C24H22ClN5O2.C15H16ClN3O.C14H15ClN4O.C9H9N.C8H10IN3O.C7H8BClO2/c1-14-4-6-17(12-18(14)25)23-22(24(26)32)20-13-29(8-9-30(20)28-23)21(31)11-16-5-7-19(27-3)15(2)10-16;1-9-5-6-10(8-11(9)16)14-13(15(17)20)12-4-2-3-7-19(12)18-14;1-8-2-3-9(6-10(8)15)13-12(14(16)20)11-7-17-4-5-19(11)18-13;1-7-3-4-9(6-10)5-8(7)2;9-7-6(8(10)13)5-3-1-2-4-12(5)11-7;1-5-2-3-6(8(10)11)4-7(5)9/h4-7,10,12H,8-9,11,13H2,1-2H3,(H2,26,32);5-6,8H,2-4,7H2,1H3,(H2,17,20);2-3,6,17H,4-5,7H2,1H3,(H2,16,20);3-5H,1-2H3;1-4H2,(H2,10,13);2-4,10-11H,1H3. The number of nitrogens with zero attached hydrogens (tertiary/aromatic N) is 11. The van der Waals surface area contributed by atoms with Crippen molar-refractivity contribution in [2.45, 2.75) is 133 Å². The van der Waals surface area contributed by atoms with Crippen LogP contribution in [0.3, 0.4) is 0 Å². The van der Waals surface area contributed by atoms with Crippen molar-refractivity contribution in [3.8, 4) is 39.8 Å². The molecule has 4 aromatic heterocycles. The monoisotopic (exact) mass is 1620 g/mol. The van der Waals surface area contributed by atoms with Gasteiger partial charge >= 0.3 is 7.12 Å². The predicted octanol–water partition coefficient (Wildman–Crippen LogP) is 12.1. The number of carbonyl (C=O) groups excluding carboxylic acids is 5. The van der Waals surface area contributed by atoms with Gasteiger partial charge < -0.3 is 43.2 Å². The quantitative estimate of drug-likeness (QED) is 0.0381. The third-order valence-corrected chi connectivity index (χ3v) is 20.9. The number of aryl methyl sites for hydroxylation is 9. The van der Waals surface area contributed by atoms with Gasteiger partial charge in [0.25, 0.3) is 23.6 Å². The molecule has 0 bridgehead atoms. The number of hydrogen-bond acceptors (Lipinski definition) is 13. The summed E-state index contributed by atoms with van der Waals surface area (Å²) < 4.78 is 8.15. The van der Waals surface area contributed by atoms with E-state index in [1.165, 1.54) is 11.1 Å². The highest BCUT2D eigenvalue weighted by Gasteiger charge is 2.31. The van der Waals surface area contributed by atoms with Gasteiger partial charge in [-0.25, -0.2) is 4.85 Å².